The number of benzene rings is 1. The predicted octanol–water partition coefficient (Wildman–Crippen LogP) is 1.70. The van der Waals surface area contributed by atoms with E-state index >= 15 is 0 Å². The molecule has 0 bridgehead atoms. The van der Waals surface area contributed by atoms with Crippen LogP contribution in [-0.4, -0.2) is 41.8 Å². The Morgan fingerprint density at radius 1 is 1.33 bits per heavy atom. The van der Waals surface area contributed by atoms with E-state index in [2.05, 4.69) is 17.1 Å². The van der Waals surface area contributed by atoms with E-state index in [1.165, 1.54) is 12.5 Å². The Labute approximate surface area is 108 Å². The van der Waals surface area contributed by atoms with E-state index in [1.54, 1.807) is 12.1 Å². The summed E-state index contributed by atoms with van der Waals surface area (Å²) in [6.07, 6.45) is 1.20. The summed E-state index contributed by atoms with van der Waals surface area (Å²) in [5, 5.41) is 22.3. The molecule has 2 atom stereocenters. The van der Waals surface area contributed by atoms with E-state index in [0.29, 0.717) is 5.92 Å². The van der Waals surface area contributed by atoms with Crippen LogP contribution in [0.5, 0.6) is 11.5 Å². The van der Waals surface area contributed by atoms with E-state index in [0.717, 1.165) is 25.2 Å². The molecule has 1 heterocycles. The average Bonchev–Trinajstić information content (AvgIpc) is 2.76. The van der Waals surface area contributed by atoms with Crippen LogP contribution in [0.15, 0.2) is 18.2 Å². The lowest BCUT2D eigenvalue weighted by molar-refractivity contribution is 0.251. The third kappa shape index (κ3) is 2.94. The molecule has 1 aliphatic rings. The van der Waals surface area contributed by atoms with Crippen molar-refractivity contribution in [3.8, 4) is 11.5 Å². The van der Waals surface area contributed by atoms with E-state index in [-0.39, 0.29) is 17.5 Å². The molecular formula is C14H22N2O2. The first-order valence-corrected chi connectivity index (χ1v) is 6.51. The first-order valence-electron chi connectivity index (χ1n) is 6.51. The Balaban J connectivity index is 2.05. The van der Waals surface area contributed by atoms with Crippen molar-refractivity contribution >= 4 is 0 Å². The fourth-order valence-electron chi connectivity index (χ4n) is 2.74. The van der Waals surface area contributed by atoms with Crippen molar-refractivity contribution in [1.29, 1.82) is 0 Å². The molecule has 0 aromatic heterocycles. The smallest absolute Gasteiger partial charge is 0.119 e. The molecule has 3 N–H and O–H groups in total. The summed E-state index contributed by atoms with van der Waals surface area (Å²) >= 11 is 0. The van der Waals surface area contributed by atoms with E-state index < -0.39 is 0 Å². The second-order valence-electron chi connectivity index (χ2n) is 5.17. The van der Waals surface area contributed by atoms with Crippen LogP contribution in [0, 0.1) is 5.92 Å². The number of likely N-dealkylation sites (tertiary alicyclic amines) is 1. The Kier molecular flexibility index (Phi) is 4.09. The van der Waals surface area contributed by atoms with Gasteiger partial charge >= 0.3 is 0 Å². The van der Waals surface area contributed by atoms with Crippen molar-refractivity contribution < 1.29 is 10.2 Å². The van der Waals surface area contributed by atoms with Gasteiger partial charge in [0, 0.05) is 18.7 Å². The van der Waals surface area contributed by atoms with Crippen LogP contribution in [0.4, 0.5) is 0 Å². The number of phenols is 2. The molecule has 1 aliphatic heterocycles. The monoisotopic (exact) mass is 250 g/mol. The van der Waals surface area contributed by atoms with Gasteiger partial charge in [0.15, 0.2) is 0 Å². The van der Waals surface area contributed by atoms with Crippen molar-refractivity contribution in [3.63, 3.8) is 0 Å². The van der Waals surface area contributed by atoms with Crippen LogP contribution >= 0.6 is 0 Å². The second-order valence-corrected chi connectivity index (χ2v) is 5.17. The number of hydrogen-bond donors (Lipinski definition) is 3. The second kappa shape index (κ2) is 5.59. The zero-order valence-corrected chi connectivity index (χ0v) is 11.1. The molecule has 0 aliphatic carbocycles. The average molecular weight is 250 g/mol. The Bertz CT molecular complexity index is 389. The minimum atomic E-state index is 0.128. The number of nitrogens with zero attached hydrogens (tertiary/aromatic N) is 1. The van der Waals surface area contributed by atoms with Crippen molar-refractivity contribution in [2.24, 2.45) is 5.92 Å². The van der Waals surface area contributed by atoms with Gasteiger partial charge in [-0.3, -0.25) is 4.90 Å². The summed E-state index contributed by atoms with van der Waals surface area (Å²) < 4.78 is 0. The summed E-state index contributed by atoms with van der Waals surface area (Å²) in [6.45, 7) is 5.31. The topological polar surface area (TPSA) is 55.7 Å². The summed E-state index contributed by atoms with van der Waals surface area (Å²) in [5.41, 5.74) is 0.970. The van der Waals surface area contributed by atoms with Gasteiger partial charge in [-0.15, -0.1) is 0 Å². The van der Waals surface area contributed by atoms with Gasteiger partial charge in [-0.1, -0.05) is 0 Å². The molecule has 0 spiro atoms. The molecule has 1 saturated heterocycles. The van der Waals surface area contributed by atoms with Crippen LogP contribution in [0.25, 0.3) is 0 Å². The maximum Gasteiger partial charge on any atom is 0.119 e. The van der Waals surface area contributed by atoms with Crippen LogP contribution < -0.4 is 5.32 Å². The number of phenolic OH excluding ortho intramolecular Hbond substituents is 2. The Hall–Kier alpha value is -1.26. The lowest BCUT2D eigenvalue weighted by atomic mass is 10.1. The molecule has 1 fully saturated rings. The first-order chi connectivity index (χ1) is 8.60. The zero-order valence-electron chi connectivity index (χ0n) is 11.1. The van der Waals surface area contributed by atoms with E-state index in [4.69, 9.17) is 0 Å². The molecule has 4 nitrogen and oxygen atoms in total. The summed E-state index contributed by atoms with van der Waals surface area (Å²) in [7, 11) is 1.99. The first kappa shape index (κ1) is 13.2. The lowest BCUT2D eigenvalue weighted by Gasteiger charge is -2.25. The minimum absolute atomic E-state index is 0.128. The minimum Gasteiger partial charge on any atom is -0.508 e. The molecule has 1 aromatic carbocycles. The van der Waals surface area contributed by atoms with Crippen LogP contribution in [0.2, 0.25) is 0 Å². The summed E-state index contributed by atoms with van der Waals surface area (Å²) in [4.78, 5) is 2.40. The molecule has 1 aromatic rings. The highest BCUT2D eigenvalue weighted by molar-refractivity contribution is 5.38. The molecule has 2 unspecified atom stereocenters. The number of hydrogen-bond acceptors (Lipinski definition) is 4. The largest absolute Gasteiger partial charge is 0.508 e. The van der Waals surface area contributed by atoms with Crippen molar-refractivity contribution in [2.45, 2.75) is 19.4 Å². The lowest BCUT2D eigenvalue weighted by Crippen LogP contribution is -2.27. The molecule has 2 rings (SSSR count). The van der Waals surface area contributed by atoms with E-state index in [9.17, 15) is 10.2 Å². The molecule has 0 amide bonds. The molecular weight excluding hydrogens is 228 g/mol. The fourth-order valence-corrected chi connectivity index (χ4v) is 2.74. The summed E-state index contributed by atoms with van der Waals surface area (Å²) in [5.74, 6) is 0.953. The van der Waals surface area contributed by atoms with Gasteiger partial charge in [-0.25, -0.2) is 0 Å². The van der Waals surface area contributed by atoms with Crippen LogP contribution in [-0.2, 0) is 0 Å². The quantitative estimate of drug-likeness (QED) is 0.761. The normalized spacial score (nSPS) is 22.2. The van der Waals surface area contributed by atoms with Crippen molar-refractivity contribution in [3.05, 3.63) is 23.8 Å². The fraction of sp³-hybridized carbons (Fsp3) is 0.571. The van der Waals surface area contributed by atoms with Crippen LogP contribution in [0.1, 0.15) is 24.9 Å². The molecule has 4 heteroatoms. The standard InChI is InChI=1S/C14H22N2O2/c1-10(12-5-13(17)7-14(18)6-12)16-4-3-11(9-16)8-15-2/h5-7,10-11,15,17-18H,3-4,8-9H2,1-2H3. The Morgan fingerprint density at radius 2 is 2.00 bits per heavy atom. The van der Waals surface area contributed by atoms with Gasteiger partial charge in [0.05, 0.1) is 0 Å². The molecule has 100 valence electrons. The maximum absolute atomic E-state index is 9.53. The highest BCUT2D eigenvalue weighted by Gasteiger charge is 2.26. The molecule has 0 radical (unpaired) electrons. The third-order valence-corrected chi connectivity index (χ3v) is 3.77. The van der Waals surface area contributed by atoms with Gasteiger partial charge in [-0.2, -0.15) is 0 Å². The van der Waals surface area contributed by atoms with E-state index in [1.807, 2.05) is 7.05 Å². The molecule has 18 heavy (non-hydrogen) atoms. The maximum atomic E-state index is 9.53. The molecule has 0 saturated carbocycles. The highest BCUT2D eigenvalue weighted by atomic mass is 16.3. The van der Waals surface area contributed by atoms with Gasteiger partial charge in [0.2, 0.25) is 0 Å². The van der Waals surface area contributed by atoms with Gasteiger partial charge in [0.1, 0.15) is 11.5 Å². The zero-order chi connectivity index (χ0) is 13.1. The Morgan fingerprint density at radius 3 is 2.61 bits per heavy atom. The van der Waals surface area contributed by atoms with Gasteiger partial charge in [0.25, 0.3) is 0 Å². The SMILES string of the molecule is CNCC1CCN(C(C)c2cc(O)cc(O)c2)C1. The predicted molar refractivity (Wildman–Crippen MR) is 71.8 cm³/mol. The summed E-state index contributed by atoms with van der Waals surface area (Å²) in [6, 6.07) is 5.06. The van der Waals surface area contributed by atoms with Gasteiger partial charge < -0.3 is 15.5 Å². The van der Waals surface area contributed by atoms with Gasteiger partial charge in [-0.05, 0) is 57.1 Å². The number of rotatable bonds is 4. The highest BCUT2D eigenvalue weighted by Crippen LogP contribution is 2.31. The van der Waals surface area contributed by atoms with Crippen molar-refractivity contribution in [1.82, 2.24) is 10.2 Å². The third-order valence-electron chi connectivity index (χ3n) is 3.77. The van der Waals surface area contributed by atoms with Crippen LogP contribution in [0.3, 0.4) is 0 Å². The number of aromatic hydroxyl groups is 2. The number of nitrogens with one attached hydrogen (secondary N) is 1. The van der Waals surface area contributed by atoms with Crippen molar-refractivity contribution in [2.75, 3.05) is 26.7 Å².